The van der Waals surface area contributed by atoms with Gasteiger partial charge in [0, 0.05) is 35.6 Å². The molecular formula is C23H26N4O3S. The summed E-state index contributed by atoms with van der Waals surface area (Å²) in [5.74, 6) is 0.740. The van der Waals surface area contributed by atoms with Crippen molar-refractivity contribution in [2.45, 2.75) is 52.3 Å². The van der Waals surface area contributed by atoms with Crippen LogP contribution >= 0.6 is 11.8 Å². The van der Waals surface area contributed by atoms with E-state index in [4.69, 9.17) is 4.42 Å². The van der Waals surface area contributed by atoms with Crippen molar-refractivity contribution in [1.29, 1.82) is 0 Å². The molecule has 2 aromatic heterocycles. The van der Waals surface area contributed by atoms with E-state index in [1.165, 1.54) is 22.9 Å². The smallest absolute Gasteiger partial charge is 0.277 e. The van der Waals surface area contributed by atoms with E-state index in [-0.39, 0.29) is 17.4 Å². The van der Waals surface area contributed by atoms with E-state index in [1.54, 1.807) is 4.90 Å². The molecule has 3 heterocycles. The van der Waals surface area contributed by atoms with E-state index >= 15 is 0 Å². The van der Waals surface area contributed by atoms with Crippen LogP contribution in [-0.4, -0.2) is 43.7 Å². The summed E-state index contributed by atoms with van der Waals surface area (Å²) in [6.45, 7) is 9.21. The minimum absolute atomic E-state index is 0.0163. The molecule has 7 nitrogen and oxygen atoms in total. The molecule has 4 rings (SSSR count). The van der Waals surface area contributed by atoms with Gasteiger partial charge in [-0.3, -0.25) is 9.59 Å². The molecule has 0 atom stereocenters. The molecule has 31 heavy (non-hydrogen) atoms. The molecule has 1 fully saturated rings. The van der Waals surface area contributed by atoms with Crippen LogP contribution in [0.5, 0.6) is 0 Å². The molecule has 1 aliphatic heterocycles. The number of benzene rings is 1. The predicted molar refractivity (Wildman–Crippen MR) is 119 cm³/mol. The van der Waals surface area contributed by atoms with Gasteiger partial charge in [-0.25, -0.2) is 0 Å². The number of amides is 1. The molecule has 1 amide bonds. The number of thioether (sulfide) groups is 1. The molecule has 0 aliphatic carbocycles. The first kappa shape index (κ1) is 21.4. The molecule has 0 saturated carbocycles. The van der Waals surface area contributed by atoms with Crippen molar-refractivity contribution in [2.24, 2.45) is 0 Å². The Labute approximate surface area is 185 Å². The number of carbonyl (C=O) groups is 2. The Balaban J connectivity index is 1.43. The zero-order valence-electron chi connectivity index (χ0n) is 18.3. The number of aryl methyl sites for hydroxylation is 3. The van der Waals surface area contributed by atoms with Crippen molar-refractivity contribution in [3.8, 4) is 5.69 Å². The van der Waals surface area contributed by atoms with Gasteiger partial charge in [-0.1, -0.05) is 17.8 Å². The van der Waals surface area contributed by atoms with E-state index < -0.39 is 0 Å². The zero-order chi connectivity index (χ0) is 22.1. The Morgan fingerprint density at radius 1 is 1.13 bits per heavy atom. The largest absolute Gasteiger partial charge is 0.414 e. The lowest BCUT2D eigenvalue weighted by Crippen LogP contribution is -2.23. The average Bonchev–Trinajstić information content (AvgIpc) is 3.43. The molecule has 8 heteroatoms. The van der Waals surface area contributed by atoms with Crippen LogP contribution < -0.4 is 0 Å². The van der Waals surface area contributed by atoms with Crippen molar-refractivity contribution in [3.63, 3.8) is 0 Å². The third-order valence-electron chi connectivity index (χ3n) is 5.75. The van der Waals surface area contributed by atoms with Gasteiger partial charge < -0.3 is 13.9 Å². The third kappa shape index (κ3) is 4.44. The lowest BCUT2D eigenvalue weighted by molar-refractivity contribution is -0.128. The molecular weight excluding hydrogens is 412 g/mol. The molecule has 0 radical (unpaired) electrons. The Bertz CT molecular complexity index is 1150. The van der Waals surface area contributed by atoms with Crippen LogP contribution in [0.3, 0.4) is 0 Å². The molecule has 0 spiro atoms. The SMILES string of the molecule is Cc1ccc(-n2c(C)cc(C(=O)CSc3nnc(CN4CCCC4=O)o3)c2C)cc1C. The van der Waals surface area contributed by atoms with Gasteiger partial charge in [-0.2, -0.15) is 0 Å². The molecule has 0 unspecified atom stereocenters. The number of carbonyl (C=O) groups excluding carboxylic acids is 2. The van der Waals surface area contributed by atoms with Crippen LogP contribution in [0.2, 0.25) is 0 Å². The van der Waals surface area contributed by atoms with Crippen LogP contribution in [-0.2, 0) is 11.3 Å². The van der Waals surface area contributed by atoms with Crippen molar-refractivity contribution >= 4 is 23.5 Å². The molecule has 1 aliphatic rings. The fraction of sp³-hybridized carbons (Fsp3) is 0.391. The van der Waals surface area contributed by atoms with Crippen molar-refractivity contribution in [1.82, 2.24) is 19.7 Å². The number of rotatable bonds is 7. The molecule has 0 N–H and O–H groups in total. The van der Waals surface area contributed by atoms with Gasteiger partial charge in [0.15, 0.2) is 5.78 Å². The number of aromatic nitrogens is 3. The second kappa shape index (κ2) is 8.70. The summed E-state index contributed by atoms with van der Waals surface area (Å²) >= 11 is 1.22. The van der Waals surface area contributed by atoms with Crippen LogP contribution in [0.15, 0.2) is 33.9 Å². The van der Waals surface area contributed by atoms with Gasteiger partial charge >= 0.3 is 0 Å². The predicted octanol–water partition coefficient (Wildman–Crippen LogP) is 4.19. The highest BCUT2D eigenvalue weighted by Gasteiger charge is 2.23. The van der Waals surface area contributed by atoms with Crippen LogP contribution in [0.4, 0.5) is 0 Å². The van der Waals surface area contributed by atoms with E-state index in [9.17, 15) is 9.59 Å². The lowest BCUT2D eigenvalue weighted by Gasteiger charge is -2.12. The summed E-state index contributed by atoms with van der Waals surface area (Å²) in [5, 5.41) is 8.36. The number of ketones is 1. The van der Waals surface area contributed by atoms with Crippen molar-refractivity contribution in [2.75, 3.05) is 12.3 Å². The van der Waals surface area contributed by atoms with E-state index in [0.717, 1.165) is 30.0 Å². The zero-order valence-corrected chi connectivity index (χ0v) is 19.1. The fourth-order valence-corrected chi connectivity index (χ4v) is 4.57. The third-order valence-corrected chi connectivity index (χ3v) is 6.57. The maximum Gasteiger partial charge on any atom is 0.277 e. The first-order valence-corrected chi connectivity index (χ1v) is 11.3. The summed E-state index contributed by atoms with van der Waals surface area (Å²) < 4.78 is 7.74. The maximum absolute atomic E-state index is 12.9. The first-order chi connectivity index (χ1) is 14.8. The average molecular weight is 439 g/mol. The van der Waals surface area contributed by atoms with Gasteiger partial charge in [0.2, 0.25) is 11.8 Å². The summed E-state index contributed by atoms with van der Waals surface area (Å²) in [7, 11) is 0. The normalized spacial score (nSPS) is 13.9. The molecule has 162 valence electrons. The van der Waals surface area contributed by atoms with Crippen LogP contribution in [0.1, 0.15) is 51.6 Å². The van der Waals surface area contributed by atoms with E-state index in [0.29, 0.717) is 29.6 Å². The standard InChI is InChI=1S/C23H26N4O3S/c1-14-7-8-18(10-15(14)2)27-16(3)11-19(17(27)4)20(28)13-31-23-25-24-21(30-23)12-26-9-5-6-22(26)29/h7-8,10-11H,5-6,9,12-13H2,1-4H3. The molecule has 1 aromatic carbocycles. The highest BCUT2D eigenvalue weighted by atomic mass is 32.2. The summed E-state index contributed by atoms with van der Waals surface area (Å²) in [4.78, 5) is 26.4. The molecule has 0 bridgehead atoms. The number of Topliss-reactive ketones (excluding diaryl/α,β-unsaturated/α-hetero) is 1. The summed E-state index contributed by atoms with van der Waals surface area (Å²) in [6, 6.07) is 8.26. The van der Waals surface area contributed by atoms with Gasteiger partial charge in [0.1, 0.15) is 0 Å². The summed E-state index contributed by atoms with van der Waals surface area (Å²) in [5.41, 5.74) is 6.16. The topological polar surface area (TPSA) is 81.2 Å². The second-order valence-corrected chi connectivity index (χ2v) is 8.91. The van der Waals surface area contributed by atoms with Gasteiger partial charge in [-0.15, -0.1) is 10.2 Å². The second-order valence-electron chi connectivity index (χ2n) is 7.98. The molecule has 3 aromatic rings. The van der Waals surface area contributed by atoms with Gasteiger partial charge in [-0.05, 0) is 63.4 Å². The van der Waals surface area contributed by atoms with Gasteiger partial charge in [0.05, 0.1) is 12.3 Å². The Morgan fingerprint density at radius 2 is 1.94 bits per heavy atom. The highest BCUT2D eigenvalue weighted by molar-refractivity contribution is 7.99. The van der Waals surface area contributed by atoms with Crippen molar-refractivity contribution in [3.05, 3.63) is 58.2 Å². The van der Waals surface area contributed by atoms with Crippen LogP contribution in [0.25, 0.3) is 5.69 Å². The minimum Gasteiger partial charge on any atom is -0.414 e. The fourth-order valence-electron chi connectivity index (χ4n) is 3.91. The summed E-state index contributed by atoms with van der Waals surface area (Å²) in [6.07, 6.45) is 1.44. The monoisotopic (exact) mass is 438 g/mol. The highest BCUT2D eigenvalue weighted by Crippen LogP contribution is 2.25. The van der Waals surface area contributed by atoms with E-state index in [1.807, 2.05) is 19.9 Å². The first-order valence-electron chi connectivity index (χ1n) is 10.4. The quantitative estimate of drug-likeness (QED) is 0.406. The van der Waals surface area contributed by atoms with Crippen LogP contribution in [0, 0.1) is 27.7 Å². The maximum atomic E-state index is 12.9. The Hall–Kier alpha value is -2.87. The number of hydrogen-bond donors (Lipinski definition) is 0. The number of hydrogen-bond acceptors (Lipinski definition) is 6. The molecule has 1 saturated heterocycles. The van der Waals surface area contributed by atoms with Gasteiger partial charge in [0.25, 0.3) is 5.22 Å². The van der Waals surface area contributed by atoms with Crippen molar-refractivity contribution < 1.29 is 14.0 Å². The number of likely N-dealkylation sites (tertiary alicyclic amines) is 1. The van der Waals surface area contributed by atoms with E-state index in [2.05, 4.69) is 46.8 Å². The minimum atomic E-state index is 0.0163. The number of nitrogens with zero attached hydrogens (tertiary/aromatic N) is 4. The Kier molecular flexibility index (Phi) is 6.00. The lowest BCUT2D eigenvalue weighted by atomic mass is 10.1. The Morgan fingerprint density at radius 3 is 2.65 bits per heavy atom.